The Morgan fingerprint density at radius 1 is 1.15 bits per heavy atom. The highest BCUT2D eigenvalue weighted by Crippen LogP contribution is 2.31. The molecular formula is C25H28N4O4. The van der Waals surface area contributed by atoms with E-state index < -0.39 is 5.91 Å². The number of aryl methyl sites for hydroxylation is 1. The standard InChI is InChI=1S/C25H28N4O4/c1-3-17-8-6-7-13-29(17)15-19-12-11-18(31-19)14-26-24(30)25-27-23(28-33-25)22-16(2)20-9-4-5-10-21(20)32-22/h4-5,9-12,17H,3,6-8,13-15H2,1-2H3,(H,26,30). The van der Waals surface area contributed by atoms with Crippen molar-refractivity contribution in [2.75, 3.05) is 6.54 Å². The van der Waals surface area contributed by atoms with Gasteiger partial charge in [-0.3, -0.25) is 9.69 Å². The van der Waals surface area contributed by atoms with Gasteiger partial charge in [0, 0.05) is 17.0 Å². The van der Waals surface area contributed by atoms with Crippen molar-refractivity contribution < 1.29 is 18.2 Å². The first-order valence-electron chi connectivity index (χ1n) is 11.5. The van der Waals surface area contributed by atoms with Crippen molar-refractivity contribution in [2.24, 2.45) is 0 Å². The number of nitrogens with one attached hydrogen (secondary N) is 1. The van der Waals surface area contributed by atoms with E-state index in [1.807, 2.05) is 43.3 Å². The van der Waals surface area contributed by atoms with Crippen LogP contribution in [-0.2, 0) is 13.1 Å². The molecule has 0 bridgehead atoms. The van der Waals surface area contributed by atoms with E-state index in [9.17, 15) is 4.79 Å². The Morgan fingerprint density at radius 2 is 2.00 bits per heavy atom. The molecule has 0 radical (unpaired) electrons. The number of aromatic nitrogens is 2. The summed E-state index contributed by atoms with van der Waals surface area (Å²) in [5.41, 5.74) is 1.64. The highest BCUT2D eigenvalue weighted by atomic mass is 16.5. The first-order valence-corrected chi connectivity index (χ1v) is 11.5. The highest BCUT2D eigenvalue weighted by Gasteiger charge is 2.23. The molecule has 172 valence electrons. The van der Waals surface area contributed by atoms with E-state index in [-0.39, 0.29) is 18.3 Å². The van der Waals surface area contributed by atoms with Gasteiger partial charge in [0.25, 0.3) is 0 Å². The smallest absolute Gasteiger partial charge is 0.316 e. The molecule has 8 heteroatoms. The van der Waals surface area contributed by atoms with E-state index in [1.54, 1.807) is 0 Å². The lowest BCUT2D eigenvalue weighted by molar-refractivity contribution is 0.0903. The van der Waals surface area contributed by atoms with Gasteiger partial charge >= 0.3 is 11.8 Å². The monoisotopic (exact) mass is 448 g/mol. The lowest BCUT2D eigenvalue weighted by Gasteiger charge is -2.34. The van der Waals surface area contributed by atoms with Gasteiger partial charge in [0.1, 0.15) is 17.1 Å². The van der Waals surface area contributed by atoms with Crippen molar-refractivity contribution in [3.05, 3.63) is 59.4 Å². The van der Waals surface area contributed by atoms with E-state index >= 15 is 0 Å². The minimum atomic E-state index is -0.456. The van der Waals surface area contributed by atoms with Crippen LogP contribution in [0, 0.1) is 6.92 Å². The summed E-state index contributed by atoms with van der Waals surface area (Å²) in [4.78, 5) is 19.3. The maximum atomic E-state index is 12.5. The van der Waals surface area contributed by atoms with Crippen LogP contribution in [0.15, 0.2) is 49.8 Å². The number of fused-ring (bicyclic) bond motifs is 1. The van der Waals surface area contributed by atoms with E-state index in [0.717, 1.165) is 41.8 Å². The third-order valence-corrected chi connectivity index (χ3v) is 6.39. The summed E-state index contributed by atoms with van der Waals surface area (Å²) in [6, 6.07) is 12.2. The molecule has 0 spiro atoms. The largest absolute Gasteiger partial charge is 0.463 e. The predicted octanol–water partition coefficient (Wildman–Crippen LogP) is 5.08. The number of furan rings is 2. The van der Waals surface area contributed by atoms with E-state index in [0.29, 0.717) is 17.6 Å². The summed E-state index contributed by atoms with van der Waals surface area (Å²) in [6.07, 6.45) is 4.95. The molecule has 0 saturated carbocycles. The minimum Gasteiger partial charge on any atom is -0.463 e. The number of para-hydroxylation sites is 1. The fourth-order valence-electron chi connectivity index (χ4n) is 4.57. The highest BCUT2D eigenvalue weighted by molar-refractivity contribution is 5.90. The van der Waals surface area contributed by atoms with Gasteiger partial charge in [-0.05, 0) is 50.9 Å². The molecule has 8 nitrogen and oxygen atoms in total. The average Bonchev–Trinajstić information content (AvgIpc) is 3.57. The third kappa shape index (κ3) is 4.43. The number of benzene rings is 1. The molecule has 4 aromatic rings. The number of rotatable bonds is 7. The van der Waals surface area contributed by atoms with Gasteiger partial charge in [0.05, 0.1) is 13.1 Å². The van der Waals surface area contributed by atoms with E-state index in [4.69, 9.17) is 13.4 Å². The Morgan fingerprint density at radius 3 is 2.85 bits per heavy atom. The van der Waals surface area contributed by atoms with Crippen LogP contribution < -0.4 is 5.32 Å². The van der Waals surface area contributed by atoms with Gasteiger partial charge < -0.3 is 18.7 Å². The molecule has 1 saturated heterocycles. The number of carbonyl (C=O) groups is 1. The molecule has 1 atom stereocenters. The molecule has 4 heterocycles. The van der Waals surface area contributed by atoms with Crippen LogP contribution in [0.5, 0.6) is 0 Å². The van der Waals surface area contributed by atoms with Crippen LogP contribution in [0.4, 0.5) is 0 Å². The lowest BCUT2D eigenvalue weighted by atomic mass is 10.00. The van der Waals surface area contributed by atoms with Crippen molar-refractivity contribution >= 4 is 16.9 Å². The summed E-state index contributed by atoms with van der Waals surface area (Å²) < 4.78 is 17.0. The van der Waals surface area contributed by atoms with Gasteiger partial charge in [-0.1, -0.05) is 36.7 Å². The predicted molar refractivity (Wildman–Crippen MR) is 122 cm³/mol. The SMILES string of the molecule is CCC1CCCCN1Cc1ccc(CNC(=O)c2nc(-c3oc4ccccc4c3C)no2)o1. The second-order valence-electron chi connectivity index (χ2n) is 8.55. The van der Waals surface area contributed by atoms with Gasteiger partial charge in [0.2, 0.25) is 5.82 Å². The number of carbonyl (C=O) groups excluding carboxylic acids is 1. The molecule has 1 aromatic carbocycles. The molecule has 1 amide bonds. The first-order chi connectivity index (χ1) is 16.1. The van der Waals surface area contributed by atoms with Crippen LogP contribution in [0.25, 0.3) is 22.6 Å². The van der Waals surface area contributed by atoms with Gasteiger partial charge in [-0.2, -0.15) is 4.98 Å². The van der Waals surface area contributed by atoms with Crippen LogP contribution in [0.1, 0.15) is 60.4 Å². The van der Waals surface area contributed by atoms with Crippen LogP contribution in [0.2, 0.25) is 0 Å². The van der Waals surface area contributed by atoms with Gasteiger partial charge in [-0.15, -0.1) is 0 Å². The first kappa shape index (κ1) is 21.5. The molecule has 33 heavy (non-hydrogen) atoms. The summed E-state index contributed by atoms with van der Waals surface area (Å²) in [5.74, 6) is 1.79. The second-order valence-corrected chi connectivity index (χ2v) is 8.55. The summed E-state index contributed by atoms with van der Waals surface area (Å²) in [6.45, 7) is 6.33. The van der Waals surface area contributed by atoms with E-state index in [1.165, 1.54) is 19.3 Å². The zero-order valence-electron chi connectivity index (χ0n) is 19.0. The van der Waals surface area contributed by atoms with E-state index in [2.05, 4.69) is 27.3 Å². The number of hydrogen-bond acceptors (Lipinski definition) is 7. The maximum absolute atomic E-state index is 12.5. The van der Waals surface area contributed by atoms with Crippen molar-refractivity contribution in [1.29, 1.82) is 0 Å². The molecule has 5 rings (SSSR count). The number of piperidine rings is 1. The lowest BCUT2D eigenvalue weighted by Crippen LogP contribution is -2.38. The fraction of sp³-hybridized carbons (Fsp3) is 0.400. The average molecular weight is 449 g/mol. The second kappa shape index (κ2) is 9.23. The topological polar surface area (TPSA) is 97.5 Å². The summed E-state index contributed by atoms with van der Waals surface area (Å²) in [7, 11) is 0. The molecule has 1 unspecified atom stereocenters. The summed E-state index contributed by atoms with van der Waals surface area (Å²) in [5, 5.41) is 7.70. The van der Waals surface area contributed by atoms with Crippen molar-refractivity contribution in [3.8, 4) is 11.6 Å². The summed E-state index contributed by atoms with van der Waals surface area (Å²) >= 11 is 0. The van der Waals surface area contributed by atoms with Crippen molar-refractivity contribution in [2.45, 2.75) is 58.7 Å². The molecule has 1 N–H and O–H groups in total. The van der Waals surface area contributed by atoms with Crippen molar-refractivity contribution in [3.63, 3.8) is 0 Å². The van der Waals surface area contributed by atoms with Gasteiger partial charge in [-0.25, -0.2) is 0 Å². The van der Waals surface area contributed by atoms with Crippen LogP contribution in [0.3, 0.4) is 0 Å². The molecule has 0 aliphatic carbocycles. The normalized spacial score (nSPS) is 17.0. The Balaban J connectivity index is 1.21. The quantitative estimate of drug-likeness (QED) is 0.421. The zero-order valence-corrected chi connectivity index (χ0v) is 19.0. The number of amides is 1. The Labute approximate surface area is 191 Å². The Kier molecular flexibility index (Phi) is 6.00. The third-order valence-electron chi connectivity index (χ3n) is 6.39. The van der Waals surface area contributed by atoms with Crippen molar-refractivity contribution in [1.82, 2.24) is 20.4 Å². The Hall–Kier alpha value is -3.39. The molecular weight excluding hydrogens is 420 g/mol. The Bertz CT molecular complexity index is 1250. The number of likely N-dealkylation sites (tertiary alicyclic amines) is 1. The fourth-order valence-corrected chi connectivity index (χ4v) is 4.57. The van der Waals surface area contributed by atoms with Crippen LogP contribution >= 0.6 is 0 Å². The molecule has 1 fully saturated rings. The maximum Gasteiger partial charge on any atom is 0.316 e. The molecule has 1 aliphatic heterocycles. The molecule has 1 aliphatic rings. The minimum absolute atomic E-state index is 0.115. The number of hydrogen-bond donors (Lipinski definition) is 1. The molecule has 3 aromatic heterocycles. The zero-order chi connectivity index (χ0) is 22.8. The number of nitrogens with zero attached hydrogens (tertiary/aromatic N) is 3. The van der Waals surface area contributed by atoms with Crippen LogP contribution in [-0.4, -0.2) is 33.5 Å². The van der Waals surface area contributed by atoms with Gasteiger partial charge in [0.15, 0.2) is 5.76 Å².